The van der Waals surface area contributed by atoms with Gasteiger partial charge in [-0.2, -0.15) is 13.2 Å². The molecular weight excluding hydrogens is 337 g/mol. The summed E-state index contributed by atoms with van der Waals surface area (Å²) in [5.41, 5.74) is -1.40. The van der Waals surface area contributed by atoms with E-state index in [4.69, 9.17) is 4.74 Å². The minimum atomic E-state index is -4.71. The lowest BCUT2D eigenvalue weighted by atomic mass is 10.1. The zero-order valence-electron chi connectivity index (χ0n) is 13.4. The fourth-order valence-corrected chi connectivity index (χ4v) is 2.19. The Morgan fingerprint density at radius 1 is 1.04 bits per heavy atom. The Hall–Kier alpha value is -3.03. The van der Waals surface area contributed by atoms with Gasteiger partial charge in [0.05, 0.1) is 23.9 Å². The molecule has 0 bridgehead atoms. The van der Waals surface area contributed by atoms with Crippen molar-refractivity contribution in [2.45, 2.75) is 13.1 Å². The van der Waals surface area contributed by atoms with Crippen LogP contribution in [0.25, 0.3) is 0 Å². The molecule has 0 aliphatic rings. The zero-order valence-corrected chi connectivity index (χ0v) is 13.4. The van der Waals surface area contributed by atoms with Crippen LogP contribution in [0.1, 0.15) is 22.8 Å². The number of anilines is 2. The number of alkyl halides is 3. The molecule has 0 spiro atoms. The highest BCUT2D eigenvalue weighted by molar-refractivity contribution is 6.06. The number of ether oxygens (including phenoxy) is 1. The number of methoxy groups -OCH3 is 1. The van der Waals surface area contributed by atoms with E-state index in [1.165, 1.54) is 32.2 Å². The summed E-state index contributed by atoms with van der Waals surface area (Å²) in [6, 6.07) is 9.29. The van der Waals surface area contributed by atoms with Crippen LogP contribution in [-0.4, -0.2) is 18.9 Å². The van der Waals surface area contributed by atoms with Crippen molar-refractivity contribution < 1.29 is 27.5 Å². The van der Waals surface area contributed by atoms with E-state index in [1.807, 2.05) is 0 Å². The molecule has 0 atom stereocenters. The second kappa shape index (κ2) is 7.25. The molecule has 0 fully saturated rings. The Kier molecular flexibility index (Phi) is 5.31. The molecule has 2 aromatic rings. The lowest BCUT2D eigenvalue weighted by Gasteiger charge is -2.16. The minimum Gasteiger partial charge on any atom is -0.496 e. The van der Waals surface area contributed by atoms with E-state index in [0.717, 1.165) is 12.1 Å². The fourth-order valence-electron chi connectivity index (χ4n) is 2.19. The molecule has 2 aromatic carbocycles. The number of halogens is 3. The SMILES string of the molecule is COc1ccccc1C(=O)Nc1ccc(NC(C)=O)cc1C(F)(F)F. The quantitative estimate of drug-likeness (QED) is 0.876. The normalized spacial score (nSPS) is 10.9. The average molecular weight is 352 g/mol. The van der Waals surface area contributed by atoms with Crippen molar-refractivity contribution in [3.63, 3.8) is 0 Å². The summed E-state index contributed by atoms with van der Waals surface area (Å²) >= 11 is 0. The number of hydrogen-bond donors (Lipinski definition) is 2. The first kappa shape index (κ1) is 18.3. The number of para-hydroxylation sites is 1. The third-order valence-electron chi connectivity index (χ3n) is 3.25. The molecule has 132 valence electrons. The van der Waals surface area contributed by atoms with E-state index in [2.05, 4.69) is 10.6 Å². The Morgan fingerprint density at radius 3 is 2.32 bits per heavy atom. The number of nitrogens with one attached hydrogen (secondary N) is 2. The van der Waals surface area contributed by atoms with E-state index >= 15 is 0 Å². The van der Waals surface area contributed by atoms with Gasteiger partial charge in [-0.25, -0.2) is 0 Å². The van der Waals surface area contributed by atoms with Gasteiger partial charge in [-0.1, -0.05) is 12.1 Å². The van der Waals surface area contributed by atoms with Crippen molar-refractivity contribution in [2.75, 3.05) is 17.7 Å². The fraction of sp³-hybridized carbons (Fsp3) is 0.176. The van der Waals surface area contributed by atoms with E-state index in [1.54, 1.807) is 12.1 Å². The maximum atomic E-state index is 13.3. The number of benzene rings is 2. The maximum absolute atomic E-state index is 13.3. The molecule has 0 saturated carbocycles. The summed E-state index contributed by atoms with van der Waals surface area (Å²) in [5.74, 6) is -1.00. The second-order valence-electron chi connectivity index (χ2n) is 5.09. The van der Waals surface area contributed by atoms with Crippen LogP contribution in [0.2, 0.25) is 0 Å². The minimum absolute atomic E-state index is 0.0184. The van der Waals surface area contributed by atoms with Crippen molar-refractivity contribution in [1.29, 1.82) is 0 Å². The van der Waals surface area contributed by atoms with Crippen LogP contribution in [0.5, 0.6) is 5.75 Å². The zero-order chi connectivity index (χ0) is 18.6. The van der Waals surface area contributed by atoms with E-state index < -0.39 is 29.2 Å². The predicted octanol–water partition coefficient (Wildman–Crippen LogP) is 3.92. The van der Waals surface area contributed by atoms with E-state index in [9.17, 15) is 22.8 Å². The molecule has 2 rings (SSSR count). The van der Waals surface area contributed by atoms with Crippen LogP contribution < -0.4 is 15.4 Å². The largest absolute Gasteiger partial charge is 0.496 e. The average Bonchev–Trinajstić information content (AvgIpc) is 2.54. The van der Waals surface area contributed by atoms with Gasteiger partial charge in [-0.15, -0.1) is 0 Å². The van der Waals surface area contributed by atoms with Crippen molar-refractivity contribution in [2.24, 2.45) is 0 Å². The van der Waals surface area contributed by atoms with Crippen molar-refractivity contribution >= 4 is 23.2 Å². The summed E-state index contributed by atoms with van der Waals surface area (Å²) in [6.07, 6.45) is -4.71. The Morgan fingerprint density at radius 2 is 1.72 bits per heavy atom. The summed E-state index contributed by atoms with van der Waals surface area (Å²) in [4.78, 5) is 23.3. The van der Waals surface area contributed by atoms with Gasteiger partial charge in [-0.3, -0.25) is 9.59 Å². The number of rotatable bonds is 4. The molecule has 2 amide bonds. The molecule has 0 saturated heterocycles. The van der Waals surface area contributed by atoms with Gasteiger partial charge in [0.2, 0.25) is 5.91 Å². The van der Waals surface area contributed by atoms with Crippen LogP contribution in [0, 0.1) is 0 Å². The Balaban J connectivity index is 2.38. The lowest BCUT2D eigenvalue weighted by Crippen LogP contribution is -2.18. The number of carbonyl (C=O) groups is 2. The van der Waals surface area contributed by atoms with Gasteiger partial charge < -0.3 is 15.4 Å². The molecule has 0 aliphatic carbocycles. The van der Waals surface area contributed by atoms with Gasteiger partial charge in [0, 0.05) is 12.6 Å². The second-order valence-corrected chi connectivity index (χ2v) is 5.09. The molecular formula is C17H15F3N2O3. The Labute approximate surface area is 141 Å². The van der Waals surface area contributed by atoms with Crippen LogP contribution in [0.15, 0.2) is 42.5 Å². The maximum Gasteiger partial charge on any atom is 0.418 e. The number of hydrogen-bond acceptors (Lipinski definition) is 3. The predicted molar refractivity (Wildman–Crippen MR) is 86.7 cm³/mol. The van der Waals surface area contributed by atoms with Gasteiger partial charge in [0.25, 0.3) is 5.91 Å². The highest BCUT2D eigenvalue weighted by Gasteiger charge is 2.34. The summed E-state index contributed by atoms with van der Waals surface area (Å²) < 4.78 is 44.9. The first-order valence-electron chi connectivity index (χ1n) is 7.15. The van der Waals surface area contributed by atoms with Crippen LogP contribution in [0.3, 0.4) is 0 Å². The third kappa shape index (κ3) is 4.50. The first-order chi connectivity index (χ1) is 11.7. The molecule has 5 nitrogen and oxygen atoms in total. The molecule has 0 aromatic heterocycles. The van der Waals surface area contributed by atoms with Gasteiger partial charge in [0.1, 0.15) is 5.75 Å². The summed E-state index contributed by atoms with van der Waals surface area (Å²) in [6.45, 7) is 1.19. The molecule has 0 radical (unpaired) electrons. The molecule has 0 heterocycles. The summed E-state index contributed by atoms with van der Waals surface area (Å²) in [5, 5.41) is 4.51. The molecule has 0 unspecified atom stereocenters. The van der Waals surface area contributed by atoms with Gasteiger partial charge in [-0.05, 0) is 30.3 Å². The monoisotopic (exact) mass is 352 g/mol. The Bertz CT molecular complexity index is 804. The van der Waals surface area contributed by atoms with Gasteiger partial charge in [0.15, 0.2) is 0 Å². The smallest absolute Gasteiger partial charge is 0.418 e. The summed E-state index contributed by atoms with van der Waals surface area (Å²) in [7, 11) is 1.36. The standard InChI is InChI=1S/C17H15F3N2O3/c1-10(23)21-11-7-8-14(13(9-11)17(18,19)20)22-16(24)12-5-3-4-6-15(12)25-2/h3-9H,1-2H3,(H,21,23)(H,22,24). The first-order valence-corrected chi connectivity index (χ1v) is 7.15. The van der Waals surface area contributed by atoms with Crippen LogP contribution >= 0.6 is 0 Å². The van der Waals surface area contributed by atoms with E-state index in [-0.39, 0.29) is 17.0 Å². The number of amides is 2. The van der Waals surface area contributed by atoms with E-state index in [0.29, 0.717) is 0 Å². The van der Waals surface area contributed by atoms with Crippen molar-refractivity contribution in [3.05, 3.63) is 53.6 Å². The highest BCUT2D eigenvalue weighted by atomic mass is 19.4. The third-order valence-corrected chi connectivity index (χ3v) is 3.25. The van der Waals surface area contributed by atoms with Crippen molar-refractivity contribution in [1.82, 2.24) is 0 Å². The molecule has 0 aliphatic heterocycles. The van der Waals surface area contributed by atoms with Crippen LogP contribution in [-0.2, 0) is 11.0 Å². The highest BCUT2D eigenvalue weighted by Crippen LogP contribution is 2.37. The lowest BCUT2D eigenvalue weighted by molar-refractivity contribution is -0.137. The topological polar surface area (TPSA) is 67.4 Å². The van der Waals surface area contributed by atoms with Crippen molar-refractivity contribution in [3.8, 4) is 5.75 Å². The number of carbonyl (C=O) groups excluding carboxylic acids is 2. The van der Waals surface area contributed by atoms with Crippen LogP contribution in [0.4, 0.5) is 24.5 Å². The van der Waals surface area contributed by atoms with Gasteiger partial charge >= 0.3 is 6.18 Å². The molecule has 2 N–H and O–H groups in total. The molecule has 25 heavy (non-hydrogen) atoms. The molecule has 8 heteroatoms.